The summed E-state index contributed by atoms with van der Waals surface area (Å²) >= 11 is 1.25. The molecule has 0 atom stereocenters. The zero-order valence-corrected chi connectivity index (χ0v) is 13.7. The van der Waals surface area contributed by atoms with Gasteiger partial charge >= 0.3 is 0 Å². The highest BCUT2D eigenvalue weighted by Gasteiger charge is 2.29. The van der Waals surface area contributed by atoms with Gasteiger partial charge in [-0.1, -0.05) is 0 Å². The second-order valence-corrected chi connectivity index (χ2v) is 6.69. The lowest BCUT2D eigenvalue weighted by Crippen LogP contribution is -2.14. The summed E-state index contributed by atoms with van der Waals surface area (Å²) in [6.07, 6.45) is 2.84. The summed E-state index contributed by atoms with van der Waals surface area (Å²) in [6.45, 7) is 3.36. The number of aromatic nitrogens is 2. The van der Waals surface area contributed by atoms with E-state index in [0.29, 0.717) is 33.9 Å². The van der Waals surface area contributed by atoms with E-state index < -0.39 is 0 Å². The van der Waals surface area contributed by atoms with E-state index in [4.69, 9.17) is 0 Å². The number of carbonyl (C=O) groups is 2. The van der Waals surface area contributed by atoms with Gasteiger partial charge < -0.3 is 5.11 Å². The number of carbonyl (C=O) groups excluding carboxylic acids is 2. The molecule has 0 aromatic carbocycles. The first-order valence-electron chi connectivity index (χ1n) is 7.33. The molecule has 0 saturated heterocycles. The maximum absolute atomic E-state index is 12.6. The van der Waals surface area contributed by atoms with Crippen LogP contribution in [0.4, 0.5) is 0 Å². The molecule has 0 spiro atoms. The quantitative estimate of drug-likeness (QED) is 0.692. The molecule has 0 saturated carbocycles. The second-order valence-electron chi connectivity index (χ2n) is 5.61. The van der Waals surface area contributed by atoms with Crippen LogP contribution in [0.3, 0.4) is 0 Å². The van der Waals surface area contributed by atoms with Gasteiger partial charge in [0.15, 0.2) is 0 Å². The van der Waals surface area contributed by atoms with Crippen LogP contribution in [-0.2, 0) is 17.6 Å². The first-order valence-corrected chi connectivity index (χ1v) is 8.15. The summed E-state index contributed by atoms with van der Waals surface area (Å²) in [7, 11) is 0. The van der Waals surface area contributed by atoms with Gasteiger partial charge in [-0.15, -0.1) is 11.3 Å². The summed E-state index contributed by atoms with van der Waals surface area (Å²) in [5.41, 5.74) is 2.51. The summed E-state index contributed by atoms with van der Waals surface area (Å²) < 4.78 is 0. The van der Waals surface area contributed by atoms with E-state index in [-0.39, 0.29) is 23.7 Å². The first-order chi connectivity index (χ1) is 11.0. The smallest absolute Gasteiger partial charge is 0.204 e. The van der Waals surface area contributed by atoms with Crippen molar-refractivity contribution in [3.05, 3.63) is 50.7 Å². The van der Waals surface area contributed by atoms with E-state index in [2.05, 4.69) is 9.97 Å². The van der Waals surface area contributed by atoms with Crippen LogP contribution < -0.4 is 0 Å². The molecule has 0 amide bonds. The molecule has 0 aliphatic heterocycles. The minimum absolute atomic E-state index is 0.0188. The molecule has 2 aromatic heterocycles. The third-order valence-electron chi connectivity index (χ3n) is 3.70. The number of rotatable bonds is 3. The molecule has 3 rings (SSSR count). The van der Waals surface area contributed by atoms with Crippen LogP contribution in [0.15, 0.2) is 23.9 Å². The Labute approximate surface area is 137 Å². The maximum Gasteiger partial charge on any atom is 0.204 e. The van der Waals surface area contributed by atoms with E-state index in [1.54, 1.807) is 18.3 Å². The van der Waals surface area contributed by atoms with Crippen molar-refractivity contribution in [2.75, 3.05) is 0 Å². The Morgan fingerprint density at radius 3 is 2.78 bits per heavy atom. The second kappa shape index (κ2) is 6.04. The van der Waals surface area contributed by atoms with Crippen LogP contribution in [-0.4, -0.2) is 26.6 Å². The SMILES string of the molecule is CC(=O)Cc1nc2c(s1)C(=O)/C(=C(\O)c1ccc(C)nc1)CC2. The van der Waals surface area contributed by atoms with Crippen molar-refractivity contribution in [2.45, 2.75) is 33.1 Å². The zero-order chi connectivity index (χ0) is 16.6. The van der Waals surface area contributed by atoms with E-state index in [0.717, 1.165) is 11.4 Å². The largest absolute Gasteiger partial charge is 0.507 e. The van der Waals surface area contributed by atoms with Gasteiger partial charge in [0.25, 0.3) is 0 Å². The Morgan fingerprint density at radius 2 is 2.13 bits per heavy atom. The number of allylic oxidation sites excluding steroid dienone is 1. The molecule has 0 unspecified atom stereocenters. The molecule has 23 heavy (non-hydrogen) atoms. The van der Waals surface area contributed by atoms with Crippen LogP contribution in [0.5, 0.6) is 0 Å². The summed E-state index contributed by atoms with van der Waals surface area (Å²) in [4.78, 5) is 32.9. The van der Waals surface area contributed by atoms with Crippen molar-refractivity contribution in [3.63, 3.8) is 0 Å². The first kappa shape index (κ1) is 15.6. The Balaban J connectivity index is 1.96. The van der Waals surface area contributed by atoms with Crippen LogP contribution in [0, 0.1) is 6.92 Å². The number of pyridine rings is 1. The number of nitrogens with zero attached hydrogens (tertiary/aromatic N) is 2. The molecular formula is C17H16N2O3S. The molecule has 0 fully saturated rings. The minimum Gasteiger partial charge on any atom is -0.507 e. The van der Waals surface area contributed by atoms with Crippen LogP contribution >= 0.6 is 11.3 Å². The van der Waals surface area contributed by atoms with Crippen molar-refractivity contribution < 1.29 is 14.7 Å². The Kier molecular flexibility index (Phi) is 4.09. The number of hydrogen-bond donors (Lipinski definition) is 1. The zero-order valence-electron chi connectivity index (χ0n) is 12.9. The van der Waals surface area contributed by atoms with Gasteiger partial charge in [0.1, 0.15) is 16.6 Å². The van der Waals surface area contributed by atoms with Crippen molar-refractivity contribution in [1.29, 1.82) is 0 Å². The summed E-state index contributed by atoms with van der Waals surface area (Å²) in [5, 5.41) is 11.1. The highest BCUT2D eigenvalue weighted by atomic mass is 32.1. The molecule has 0 radical (unpaired) electrons. The van der Waals surface area contributed by atoms with Crippen molar-refractivity contribution in [3.8, 4) is 0 Å². The molecule has 1 aliphatic carbocycles. The van der Waals surface area contributed by atoms with E-state index in [1.165, 1.54) is 18.3 Å². The summed E-state index contributed by atoms with van der Waals surface area (Å²) in [6, 6.07) is 3.55. The fourth-order valence-electron chi connectivity index (χ4n) is 2.54. The molecule has 0 bridgehead atoms. The Hall–Kier alpha value is -2.34. The number of aliphatic hydroxyl groups excluding tert-OH is 1. The fraction of sp³-hybridized carbons (Fsp3) is 0.294. The normalized spacial score (nSPS) is 16.2. The van der Waals surface area contributed by atoms with Gasteiger partial charge in [0.2, 0.25) is 5.78 Å². The highest BCUT2D eigenvalue weighted by Crippen LogP contribution is 2.33. The Morgan fingerprint density at radius 1 is 1.35 bits per heavy atom. The fourth-order valence-corrected chi connectivity index (χ4v) is 3.69. The number of Topliss-reactive ketones (excluding diaryl/α,β-unsaturated/α-hetero) is 2. The third-order valence-corrected chi connectivity index (χ3v) is 4.80. The number of fused-ring (bicyclic) bond motifs is 1. The topological polar surface area (TPSA) is 80.2 Å². The number of hydrogen-bond acceptors (Lipinski definition) is 6. The molecule has 1 aliphatic rings. The van der Waals surface area contributed by atoms with Crippen molar-refractivity contribution in [1.82, 2.24) is 9.97 Å². The van der Waals surface area contributed by atoms with Gasteiger partial charge in [-0.05, 0) is 38.8 Å². The van der Waals surface area contributed by atoms with Crippen LogP contribution in [0.1, 0.15) is 45.0 Å². The van der Waals surface area contributed by atoms with Gasteiger partial charge in [-0.2, -0.15) is 0 Å². The molecule has 118 valence electrons. The van der Waals surface area contributed by atoms with E-state index in [9.17, 15) is 14.7 Å². The third kappa shape index (κ3) is 3.07. The minimum atomic E-state index is -0.198. The number of aryl methyl sites for hydroxylation is 2. The molecule has 2 heterocycles. The standard InChI is InChI=1S/C17H16N2O3S/c1-9-3-4-11(8-18-9)15(21)12-5-6-13-17(16(12)22)23-14(19-13)7-10(2)20/h3-4,8,21H,5-7H2,1-2H3/b15-12-. The van der Waals surface area contributed by atoms with Crippen LogP contribution in [0.2, 0.25) is 0 Å². The van der Waals surface area contributed by atoms with Gasteiger partial charge in [-0.25, -0.2) is 4.98 Å². The van der Waals surface area contributed by atoms with Gasteiger partial charge in [0, 0.05) is 23.0 Å². The van der Waals surface area contributed by atoms with Crippen LogP contribution in [0.25, 0.3) is 5.76 Å². The molecule has 2 aromatic rings. The van der Waals surface area contributed by atoms with Gasteiger partial charge in [0.05, 0.1) is 17.0 Å². The predicted molar refractivity (Wildman–Crippen MR) is 87.7 cm³/mol. The number of thiazole rings is 1. The lowest BCUT2D eigenvalue weighted by Gasteiger charge is -2.14. The van der Waals surface area contributed by atoms with Gasteiger partial charge in [-0.3, -0.25) is 14.6 Å². The molecular weight excluding hydrogens is 312 g/mol. The summed E-state index contributed by atoms with van der Waals surface area (Å²) in [5.74, 6) is -0.195. The molecule has 5 nitrogen and oxygen atoms in total. The Bertz CT molecular complexity index is 819. The number of ketones is 2. The maximum atomic E-state index is 12.6. The average molecular weight is 328 g/mol. The monoisotopic (exact) mass is 328 g/mol. The lowest BCUT2D eigenvalue weighted by molar-refractivity contribution is -0.116. The van der Waals surface area contributed by atoms with Crippen molar-refractivity contribution >= 4 is 28.7 Å². The van der Waals surface area contributed by atoms with Crippen molar-refractivity contribution in [2.24, 2.45) is 0 Å². The molecule has 6 heteroatoms. The predicted octanol–water partition coefficient (Wildman–Crippen LogP) is 3.08. The lowest BCUT2D eigenvalue weighted by atomic mass is 9.93. The highest BCUT2D eigenvalue weighted by molar-refractivity contribution is 7.14. The molecule has 1 N–H and O–H groups in total. The van der Waals surface area contributed by atoms with E-state index in [1.807, 2.05) is 6.92 Å². The number of aliphatic hydroxyl groups is 1. The average Bonchev–Trinajstić information content (AvgIpc) is 2.90. The van der Waals surface area contributed by atoms with E-state index >= 15 is 0 Å².